The molecule has 1 heterocycles. The Morgan fingerprint density at radius 2 is 1.78 bits per heavy atom. The summed E-state index contributed by atoms with van der Waals surface area (Å²) in [7, 11) is 0. The Morgan fingerprint density at radius 3 is 2.38 bits per heavy atom. The van der Waals surface area contributed by atoms with Crippen molar-refractivity contribution >= 4 is 0 Å². The van der Waals surface area contributed by atoms with Gasteiger partial charge in [0.15, 0.2) is 5.60 Å². The summed E-state index contributed by atoms with van der Waals surface area (Å²) in [5, 5.41) is 30.6. The van der Waals surface area contributed by atoms with Crippen molar-refractivity contribution in [3.63, 3.8) is 0 Å². The summed E-state index contributed by atoms with van der Waals surface area (Å²) in [6.07, 6.45) is 1.26. The highest BCUT2D eigenvalue weighted by Gasteiger charge is 2.82. The molecule has 3 saturated carbocycles. The molecule has 6 nitrogen and oxygen atoms in total. The number of alkyl halides is 2. The SMILES string of the molecule is N#Cc1ccc(C23CC(C(F)(F)C(O)(Cn4cnnn4)c4cc(F)ccc4F)(C2)C3)cc1. The minimum absolute atomic E-state index is 0.0771. The Hall–Kier alpha value is -3.32. The second-order valence-electron chi connectivity index (χ2n) is 8.85. The molecule has 3 aliphatic rings. The number of nitriles is 1. The molecule has 0 saturated heterocycles. The number of nitrogens with zero attached hydrogens (tertiary/aromatic N) is 5. The fourth-order valence-electron chi connectivity index (χ4n) is 5.42. The molecular weight excluding hydrogens is 426 g/mol. The van der Waals surface area contributed by atoms with E-state index < -0.39 is 46.1 Å². The number of hydrogen-bond donors (Lipinski definition) is 1. The number of aliphatic hydroxyl groups is 1. The monoisotopic (exact) mass is 443 g/mol. The van der Waals surface area contributed by atoms with Crippen molar-refractivity contribution in [1.82, 2.24) is 20.2 Å². The lowest BCUT2D eigenvalue weighted by atomic mass is 9.30. The van der Waals surface area contributed by atoms with Crippen LogP contribution in [0.3, 0.4) is 0 Å². The second kappa shape index (κ2) is 6.59. The molecule has 2 bridgehead atoms. The van der Waals surface area contributed by atoms with Gasteiger partial charge in [0.25, 0.3) is 5.92 Å². The number of aromatic nitrogens is 4. The van der Waals surface area contributed by atoms with Gasteiger partial charge in [-0.25, -0.2) is 22.2 Å². The van der Waals surface area contributed by atoms with Crippen molar-refractivity contribution in [3.05, 3.63) is 77.1 Å². The van der Waals surface area contributed by atoms with E-state index in [2.05, 4.69) is 15.5 Å². The maximum Gasteiger partial charge on any atom is 0.287 e. The summed E-state index contributed by atoms with van der Waals surface area (Å²) in [6.45, 7) is -0.848. The molecule has 0 radical (unpaired) electrons. The summed E-state index contributed by atoms with van der Waals surface area (Å²) in [5.41, 5.74) is -4.66. The lowest BCUT2D eigenvalue weighted by Gasteiger charge is -2.74. The van der Waals surface area contributed by atoms with Crippen LogP contribution in [0.1, 0.15) is 36.0 Å². The maximum atomic E-state index is 16.1. The zero-order valence-electron chi connectivity index (χ0n) is 16.6. The van der Waals surface area contributed by atoms with Crippen LogP contribution in [0, 0.1) is 28.4 Å². The quantitative estimate of drug-likeness (QED) is 0.590. The summed E-state index contributed by atoms with van der Waals surface area (Å²) >= 11 is 0. The standard InChI is InChI=1S/C22H17F4N5O/c23-16-5-6-18(24)17(7-16)21(32,12-31-13-28-29-30-31)22(25,26)20-9-19(10-20,11-20)15-3-1-14(8-27)2-4-15/h1-7,13,32H,9-12H2. The molecule has 10 heteroatoms. The molecule has 1 atom stereocenters. The van der Waals surface area contributed by atoms with Crippen LogP contribution in [0.4, 0.5) is 17.6 Å². The Labute approximate surface area is 180 Å². The zero-order valence-corrected chi connectivity index (χ0v) is 16.6. The van der Waals surface area contributed by atoms with Gasteiger partial charge in [0.2, 0.25) is 0 Å². The Kier molecular flexibility index (Phi) is 4.24. The van der Waals surface area contributed by atoms with Crippen molar-refractivity contribution < 1.29 is 22.7 Å². The molecule has 3 fully saturated rings. The van der Waals surface area contributed by atoms with E-state index in [4.69, 9.17) is 5.26 Å². The van der Waals surface area contributed by atoms with Crippen LogP contribution < -0.4 is 0 Å². The molecule has 2 aromatic carbocycles. The van der Waals surface area contributed by atoms with E-state index in [1.54, 1.807) is 24.3 Å². The smallest absolute Gasteiger partial charge is 0.287 e. The van der Waals surface area contributed by atoms with Crippen molar-refractivity contribution in [2.45, 2.75) is 42.7 Å². The molecule has 1 aromatic heterocycles. The number of rotatable bonds is 6. The van der Waals surface area contributed by atoms with Gasteiger partial charge < -0.3 is 5.11 Å². The normalized spacial score (nSPS) is 25.9. The van der Waals surface area contributed by atoms with Crippen molar-refractivity contribution in [3.8, 4) is 6.07 Å². The number of hydrogen-bond acceptors (Lipinski definition) is 5. The van der Waals surface area contributed by atoms with Gasteiger partial charge in [-0.1, -0.05) is 12.1 Å². The first-order valence-electron chi connectivity index (χ1n) is 9.92. The number of tetrazole rings is 1. The highest BCUT2D eigenvalue weighted by molar-refractivity contribution is 5.45. The van der Waals surface area contributed by atoms with Gasteiger partial charge in [0.05, 0.1) is 18.2 Å². The molecule has 1 N–H and O–H groups in total. The summed E-state index contributed by atoms with van der Waals surface area (Å²) in [4.78, 5) is 0. The Morgan fingerprint density at radius 1 is 1.09 bits per heavy atom. The molecule has 3 aromatic rings. The summed E-state index contributed by atoms with van der Waals surface area (Å²) in [6, 6.07) is 10.9. The van der Waals surface area contributed by atoms with E-state index in [1.165, 1.54) is 0 Å². The third kappa shape index (κ3) is 2.64. The van der Waals surface area contributed by atoms with Gasteiger partial charge in [0.1, 0.15) is 18.0 Å². The van der Waals surface area contributed by atoms with E-state index in [-0.39, 0.29) is 19.3 Å². The third-order valence-electron chi connectivity index (χ3n) is 7.00. The average Bonchev–Trinajstić information content (AvgIpc) is 3.20. The van der Waals surface area contributed by atoms with E-state index in [0.29, 0.717) is 17.7 Å². The Bertz CT molecular complexity index is 1200. The van der Waals surface area contributed by atoms with Gasteiger partial charge in [0, 0.05) is 11.0 Å². The van der Waals surface area contributed by atoms with Gasteiger partial charge in [-0.15, -0.1) is 5.10 Å². The van der Waals surface area contributed by atoms with Crippen molar-refractivity contribution in [2.75, 3.05) is 0 Å². The molecule has 6 rings (SSSR count). The van der Waals surface area contributed by atoms with Gasteiger partial charge in [-0.05, 0) is 71.0 Å². The molecule has 1 unspecified atom stereocenters. The largest absolute Gasteiger partial charge is 0.377 e. The van der Waals surface area contributed by atoms with E-state index in [1.807, 2.05) is 6.07 Å². The molecule has 32 heavy (non-hydrogen) atoms. The van der Waals surface area contributed by atoms with Gasteiger partial charge in [-0.3, -0.25) is 0 Å². The molecule has 3 aliphatic carbocycles. The van der Waals surface area contributed by atoms with Crippen molar-refractivity contribution in [2.24, 2.45) is 5.41 Å². The van der Waals surface area contributed by atoms with E-state index in [0.717, 1.165) is 22.6 Å². The Balaban J connectivity index is 1.51. The lowest BCUT2D eigenvalue weighted by Crippen LogP contribution is -2.76. The minimum atomic E-state index is -3.81. The predicted molar refractivity (Wildman–Crippen MR) is 102 cm³/mol. The summed E-state index contributed by atoms with van der Waals surface area (Å²) in [5.74, 6) is -5.90. The fraction of sp³-hybridized carbons (Fsp3) is 0.364. The predicted octanol–water partition coefficient (Wildman–Crippen LogP) is 3.47. The van der Waals surface area contributed by atoms with Crippen LogP contribution in [-0.2, 0) is 17.6 Å². The third-order valence-corrected chi connectivity index (χ3v) is 7.00. The average molecular weight is 443 g/mol. The second-order valence-corrected chi connectivity index (χ2v) is 8.85. The number of halogens is 4. The first-order chi connectivity index (χ1) is 15.1. The zero-order chi connectivity index (χ0) is 22.8. The maximum absolute atomic E-state index is 16.1. The summed E-state index contributed by atoms with van der Waals surface area (Å²) < 4.78 is 61.5. The lowest BCUT2D eigenvalue weighted by molar-refractivity contribution is -0.347. The first-order valence-corrected chi connectivity index (χ1v) is 9.92. The molecule has 0 spiro atoms. The highest BCUT2D eigenvalue weighted by Crippen LogP contribution is 2.80. The molecular formula is C22H17F4N5O. The van der Waals surface area contributed by atoms with Crippen LogP contribution in [0.15, 0.2) is 48.8 Å². The van der Waals surface area contributed by atoms with Crippen LogP contribution in [0.25, 0.3) is 0 Å². The van der Waals surface area contributed by atoms with E-state index in [9.17, 15) is 13.9 Å². The van der Waals surface area contributed by atoms with Crippen LogP contribution in [-0.4, -0.2) is 31.2 Å². The van der Waals surface area contributed by atoms with Crippen molar-refractivity contribution in [1.29, 1.82) is 5.26 Å². The first kappa shape index (κ1) is 20.6. The van der Waals surface area contributed by atoms with Gasteiger partial charge >= 0.3 is 0 Å². The van der Waals surface area contributed by atoms with E-state index >= 15 is 8.78 Å². The molecule has 164 valence electrons. The minimum Gasteiger partial charge on any atom is -0.377 e. The molecule has 0 amide bonds. The topological polar surface area (TPSA) is 87.6 Å². The fourth-order valence-corrected chi connectivity index (χ4v) is 5.42. The van der Waals surface area contributed by atoms with Gasteiger partial charge in [-0.2, -0.15) is 5.26 Å². The van der Waals surface area contributed by atoms with Crippen LogP contribution in [0.2, 0.25) is 0 Å². The van der Waals surface area contributed by atoms with Crippen LogP contribution in [0.5, 0.6) is 0 Å². The molecule has 0 aliphatic heterocycles. The van der Waals surface area contributed by atoms with Crippen LogP contribution >= 0.6 is 0 Å². The number of benzene rings is 2. The highest BCUT2D eigenvalue weighted by atomic mass is 19.3.